The number of nitrogens with two attached hydrogens (primary N) is 1. The second-order valence-electron chi connectivity index (χ2n) is 5.28. The summed E-state index contributed by atoms with van der Waals surface area (Å²) in [6.07, 6.45) is 1.69. The van der Waals surface area contributed by atoms with Gasteiger partial charge in [0.25, 0.3) is 5.91 Å². The number of rotatable bonds is 5. The molecule has 0 heterocycles. The maximum absolute atomic E-state index is 12.4. The largest absolute Gasteiger partial charge is 0.350 e. The molecule has 1 amide bonds. The number of carbonyl (C=O) groups is 1. The van der Waals surface area contributed by atoms with Crippen molar-refractivity contribution in [3.05, 3.63) is 48.0 Å². The van der Waals surface area contributed by atoms with Crippen molar-refractivity contribution < 1.29 is 4.79 Å². The van der Waals surface area contributed by atoms with E-state index in [2.05, 4.69) is 5.32 Å². The van der Waals surface area contributed by atoms with Crippen LogP contribution in [0.15, 0.2) is 42.5 Å². The minimum Gasteiger partial charge on any atom is -0.350 e. The zero-order valence-electron chi connectivity index (χ0n) is 12.6. The van der Waals surface area contributed by atoms with Crippen molar-refractivity contribution in [3.63, 3.8) is 0 Å². The third-order valence-corrected chi connectivity index (χ3v) is 4.04. The molecule has 0 spiro atoms. The normalized spacial score (nSPS) is 11.0. The van der Waals surface area contributed by atoms with Crippen molar-refractivity contribution in [1.29, 1.82) is 0 Å². The molecule has 0 radical (unpaired) electrons. The van der Waals surface area contributed by atoms with Crippen LogP contribution in [0.3, 0.4) is 0 Å². The predicted molar refractivity (Wildman–Crippen MR) is 91.0 cm³/mol. The number of amides is 1. The molecular formula is C17H23ClN2O. The lowest BCUT2D eigenvalue weighted by molar-refractivity contribution is 0.0944. The summed E-state index contributed by atoms with van der Waals surface area (Å²) in [7, 11) is 0. The van der Waals surface area contributed by atoms with E-state index in [4.69, 9.17) is 5.73 Å². The van der Waals surface area contributed by atoms with Gasteiger partial charge in [0.15, 0.2) is 0 Å². The number of hydrogen-bond donors (Lipinski definition) is 2. The quantitative estimate of drug-likeness (QED) is 0.888. The standard InChI is InChI=1S/C17H22N2O.ClH/c1-3-17(18,4-2)12-19-16(20)15-11-7-9-13-8-5-6-10-14(13)15;/h5-11H,3-4,12,18H2,1-2H3,(H,19,20);1H. The van der Waals surface area contributed by atoms with Gasteiger partial charge in [0.05, 0.1) is 0 Å². The second-order valence-corrected chi connectivity index (χ2v) is 5.28. The molecule has 0 atom stereocenters. The Balaban J connectivity index is 0.00000220. The summed E-state index contributed by atoms with van der Waals surface area (Å²) < 4.78 is 0. The second kappa shape index (κ2) is 7.43. The Kier molecular flexibility index (Phi) is 6.19. The van der Waals surface area contributed by atoms with Gasteiger partial charge in [-0.2, -0.15) is 0 Å². The van der Waals surface area contributed by atoms with Crippen molar-refractivity contribution in [1.82, 2.24) is 5.32 Å². The highest BCUT2D eigenvalue weighted by molar-refractivity contribution is 6.07. The van der Waals surface area contributed by atoms with Crippen LogP contribution < -0.4 is 11.1 Å². The van der Waals surface area contributed by atoms with Crippen LogP contribution in [0.5, 0.6) is 0 Å². The summed E-state index contributed by atoms with van der Waals surface area (Å²) in [5.74, 6) is -0.0569. The van der Waals surface area contributed by atoms with Crippen LogP contribution in [0.1, 0.15) is 37.0 Å². The monoisotopic (exact) mass is 306 g/mol. The summed E-state index contributed by atoms with van der Waals surface area (Å²) in [6, 6.07) is 13.7. The molecule has 3 nitrogen and oxygen atoms in total. The van der Waals surface area contributed by atoms with Crippen LogP contribution in [-0.4, -0.2) is 18.0 Å². The van der Waals surface area contributed by atoms with Gasteiger partial charge in [-0.25, -0.2) is 0 Å². The van der Waals surface area contributed by atoms with E-state index in [1.807, 2.05) is 56.3 Å². The van der Waals surface area contributed by atoms with E-state index in [0.29, 0.717) is 12.1 Å². The molecule has 4 heteroatoms. The van der Waals surface area contributed by atoms with E-state index in [-0.39, 0.29) is 23.9 Å². The first-order valence-corrected chi connectivity index (χ1v) is 7.14. The highest BCUT2D eigenvalue weighted by Crippen LogP contribution is 2.18. The molecule has 114 valence electrons. The number of fused-ring (bicyclic) bond motifs is 1. The molecule has 0 aromatic heterocycles. The Labute approximate surface area is 132 Å². The SMILES string of the molecule is CCC(N)(CC)CNC(=O)c1cccc2ccccc12.Cl. The molecule has 0 fully saturated rings. The maximum Gasteiger partial charge on any atom is 0.251 e. The number of benzene rings is 2. The Bertz CT molecular complexity index is 603. The first kappa shape index (κ1) is 17.5. The molecule has 3 N–H and O–H groups in total. The fraction of sp³-hybridized carbons (Fsp3) is 0.353. The van der Waals surface area contributed by atoms with E-state index >= 15 is 0 Å². The molecular weight excluding hydrogens is 284 g/mol. The summed E-state index contributed by atoms with van der Waals surface area (Å²) in [6.45, 7) is 4.60. The molecule has 2 rings (SSSR count). The molecule has 0 bridgehead atoms. The van der Waals surface area contributed by atoms with Crippen LogP contribution in [0.4, 0.5) is 0 Å². The number of hydrogen-bond acceptors (Lipinski definition) is 2. The van der Waals surface area contributed by atoms with Crippen LogP contribution in [-0.2, 0) is 0 Å². The third kappa shape index (κ3) is 3.96. The Morgan fingerprint density at radius 1 is 1.10 bits per heavy atom. The fourth-order valence-corrected chi connectivity index (χ4v) is 2.27. The van der Waals surface area contributed by atoms with Gasteiger partial charge in [0.1, 0.15) is 0 Å². The first-order valence-electron chi connectivity index (χ1n) is 7.14. The van der Waals surface area contributed by atoms with E-state index in [0.717, 1.165) is 23.6 Å². The van der Waals surface area contributed by atoms with E-state index < -0.39 is 0 Å². The molecule has 0 aliphatic heterocycles. The van der Waals surface area contributed by atoms with Crippen molar-refractivity contribution in [2.24, 2.45) is 5.73 Å². The lowest BCUT2D eigenvalue weighted by atomic mass is 9.94. The summed E-state index contributed by atoms with van der Waals surface area (Å²) in [5.41, 5.74) is 6.61. The molecule has 0 aliphatic carbocycles. The van der Waals surface area contributed by atoms with Gasteiger partial charge in [-0.1, -0.05) is 50.2 Å². The zero-order valence-corrected chi connectivity index (χ0v) is 13.4. The Morgan fingerprint density at radius 3 is 2.38 bits per heavy atom. The Hall–Kier alpha value is -1.58. The average molecular weight is 307 g/mol. The van der Waals surface area contributed by atoms with Crippen LogP contribution >= 0.6 is 12.4 Å². The van der Waals surface area contributed by atoms with Crippen molar-refractivity contribution in [2.45, 2.75) is 32.2 Å². The fourth-order valence-electron chi connectivity index (χ4n) is 2.27. The molecule has 0 saturated carbocycles. The summed E-state index contributed by atoms with van der Waals surface area (Å²) >= 11 is 0. The zero-order chi connectivity index (χ0) is 14.6. The van der Waals surface area contributed by atoms with Gasteiger partial charge >= 0.3 is 0 Å². The number of nitrogens with one attached hydrogen (secondary N) is 1. The molecule has 0 unspecified atom stereocenters. The molecule has 2 aromatic rings. The van der Waals surface area contributed by atoms with Crippen molar-refractivity contribution >= 4 is 29.1 Å². The van der Waals surface area contributed by atoms with Crippen molar-refractivity contribution in [2.75, 3.05) is 6.54 Å². The number of halogens is 1. The van der Waals surface area contributed by atoms with E-state index in [9.17, 15) is 4.79 Å². The van der Waals surface area contributed by atoms with E-state index in [1.165, 1.54) is 0 Å². The van der Waals surface area contributed by atoms with Crippen LogP contribution in [0.25, 0.3) is 10.8 Å². The smallest absolute Gasteiger partial charge is 0.251 e. The highest BCUT2D eigenvalue weighted by atomic mass is 35.5. The van der Waals surface area contributed by atoms with E-state index in [1.54, 1.807) is 0 Å². The van der Waals surface area contributed by atoms with Gasteiger partial charge < -0.3 is 11.1 Å². The van der Waals surface area contributed by atoms with Gasteiger partial charge in [0.2, 0.25) is 0 Å². The third-order valence-electron chi connectivity index (χ3n) is 4.04. The highest BCUT2D eigenvalue weighted by Gasteiger charge is 2.21. The van der Waals surface area contributed by atoms with Gasteiger partial charge in [-0.15, -0.1) is 12.4 Å². The van der Waals surface area contributed by atoms with Gasteiger partial charge in [-0.05, 0) is 29.7 Å². The van der Waals surface area contributed by atoms with Crippen molar-refractivity contribution in [3.8, 4) is 0 Å². The minimum absolute atomic E-state index is 0. The lowest BCUT2D eigenvalue weighted by Gasteiger charge is -2.26. The molecule has 2 aromatic carbocycles. The number of carbonyl (C=O) groups excluding carboxylic acids is 1. The molecule has 0 saturated heterocycles. The summed E-state index contributed by atoms with van der Waals surface area (Å²) in [5, 5.41) is 5.02. The maximum atomic E-state index is 12.4. The first-order chi connectivity index (χ1) is 9.59. The minimum atomic E-state index is -0.319. The predicted octanol–water partition coefficient (Wildman–Crippen LogP) is 3.51. The average Bonchev–Trinajstić information content (AvgIpc) is 2.51. The lowest BCUT2D eigenvalue weighted by Crippen LogP contribution is -2.49. The van der Waals surface area contributed by atoms with Crippen LogP contribution in [0.2, 0.25) is 0 Å². The van der Waals surface area contributed by atoms with Crippen LogP contribution in [0, 0.1) is 0 Å². The summed E-state index contributed by atoms with van der Waals surface area (Å²) in [4.78, 5) is 12.4. The topological polar surface area (TPSA) is 55.1 Å². The Morgan fingerprint density at radius 2 is 1.71 bits per heavy atom. The molecule has 0 aliphatic rings. The van der Waals surface area contributed by atoms with Gasteiger partial charge in [0, 0.05) is 17.6 Å². The van der Waals surface area contributed by atoms with Gasteiger partial charge in [-0.3, -0.25) is 4.79 Å². The molecule has 21 heavy (non-hydrogen) atoms.